The van der Waals surface area contributed by atoms with Crippen molar-refractivity contribution in [1.29, 1.82) is 0 Å². The molecule has 0 radical (unpaired) electrons. The van der Waals surface area contributed by atoms with E-state index in [1.165, 1.54) is 0 Å². The Kier molecular flexibility index (Phi) is 31.5. The molecule has 0 saturated carbocycles. The van der Waals surface area contributed by atoms with E-state index in [1.54, 1.807) is 0 Å². The molecule has 2 aromatic carbocycles. The van der Waals surface area contributed by atoms with Gasteiger partial charge in [-0.1, -0.05) is 42.5 Å². The van der Waals surface area contributed by atoms with Gasteiger partial charge in [-0.05, 0) is 30.2 Å². The van der Waals surface area contributed by atoms with E-state index in [4.69, 9.17) is 39.8 Å². The van der Waals surface area contributed by atoms with Crippen LogP contribution in [0.3, 0.4) is 0 Å². The molecule has 0 amide bonds. The molecule has 2 aromatic rings. The fraction of sp³-hybridized carbons (Fsp3) is 0.0667. The minimum atomic E-state index is -5.17. The summed E-state index contributed by atoms with van der Waals surface area (Å²) in [5, 5.41) is 0. The van der Waals surface area contributed by atoms with Crippen LogP contribution in [0.4, 0.5) is 0 Å². The van der Waals surface area contributed by atoms with Crippen LogP contribution in [0.25, 0.3) is 0 Å². The Morgan fingerprint density at radius 1 is 0.733 bits per heavy atom. The van der Waals surface area contributed by atoms with Crippen LogP contribution in [0.5, 0.6) is 11.5 Å². The maximum absolute atomic E-state index is 8.52. The molecule has 0 aromatic heterocycles. The second-order valence-electron chi connectivity index (χ2n) is 4.33. The fourth-order valence-electron chi connectivity index (χ4n) is 1.54. The van der Waals surface area contributed by atoms with Gasteiger partial charge >= 0.3 is 118 Å². The van der Waals surface area contributed by atoms with Crippen LogP contribution in [-0.4, -0.2) is 35.0 Å². The molecule has 0 fully saturated rings. The summed E-state index contributed by atoms with van der Waals surface area (Å²) in [5.41, 5.74) is 1.15. The molecule has 0 saturated heterocycles. The van der Waals surface area contributed by atoms with Gasteiger partial charge in [-0.15, -0.1) is 6.58 Å². The van der Waals surface area contributed by atoms with Crippen molar-refractivity contribution in [2.45, 2.75) is 6.42 Å². The number of hydrogen-bond acceptors (Lipinski definition) is 9. The SMILES string of the molecule is C=CCc1ccccc1Oc1ccccc1.O=S(=O)([O-])[O-].O=S(=O)([O-])[O-].[Na+].[Na+].[Na+].[Na+]. The molecule has 0 bridgehead atoms. The van der Waals surface area contributed by atoms with Crippen LogP contribution >= 0.6 is 0 Å². The molecule has 15 heteroatoms. The van der Waals surface area contributed by atoms with Crippen molar-refractivity contribution in [3.05, 3.63) is 72.8 Å². The van der Waals surface area contributed by atoms with E-state index in [-0.39, 0.29) is 118 Å². The maximum Gasteiger partial charge on any atom is 1.00 e. The van der Waals surface area contributed by atoms with Crippen LogP contribution in [-0.2, 0) is 27.2 Å². The van der Waals surface area contributed by atoms with Gasteiger partial charge in [-0.2, -0.15) is 0 Å². The average molecular weight is 494 g/mol. The molecule has 0 heterocycles. The molecule has 9 nitrogen and oxygen atoms in total. The number of benzene rings is 2. The third-order valence-corrected chi connectivity index (χ3v) is 2.31. The Morgan fingerprint density at radius 2 is 1.10 bits per heavy atom. The number of rotatable bonds is 4. The largest absolute Gasteiger partial charge is 1.00 e. The number of hydrogen-bond donors (Lipinski definition) is 0. The summed E-state index contributed by atoms with van der Waals surface area (Å²) in [6.07, 6.45) is 2.70. The van der Waals surface area contributed by atoms with Crippen molar-refractivity contribution in [3.8, 4) is 11.5 Å². The van der Waals surface area contributed by atoms with Gasteiger partial charge in [0.15, 0.2) is 0 Å². The first-order chi connectivity index (χ1) is 11.9. The smallest absolute Gasteiger partial charge is 0.759 e. The molecule has 0 aliphatic rings. The Bertz CT molecular complexity index is 847. The first kappa shape index (κ1) is 41.9. The molecule has 0 aliphatic heterocycles. The van der Waals surface area contributed by atoms with Gasteiger partial charge in [0.1, 0.15) is 11.5 Å². The molecular weight excluding hydrogens is 480 g/mol. The standard InChI is InChI=1S/C15H14O.4Na.2H2O4S/c1-2-8-13-9-6-7-12-15(13)16-14-10-4-3-5-11-14;;;;;2*1-5(2,3)4/h2-7,9-12H,1,8H2;;;;;2*(H2,1,2,3,4)/q;4*+1;;/p-4. The predicted molar refractivity (Wildman–Crippen MR) is 87.8 cm³/mol. The number of ether oxygens (including phenoxy) is 1. The van der Waals surface area contributed by atoms with Gasteiger partial charge in [0, 0.05) is 20.8 Å². The topological polar surface area (TPSA) is 170 Å². The van der Waals surface area contributed by atoms with Crippen molar-refractivity contribution < 1.29 is 158 Å². The second-order valence-corrected chi connectivity index (χ2v) is 5.97. The Balaban J connectivity index is -0.000000128. The van der Waals surface area contributed by atoms with Gasteiger partial charge in [0.25, 0.3) is 0 Å². The molecule has 30 heavy (non-hydrogen) atoms. The van der Waals surface area contributed by atoms with Gasteiger partial charge in [-0.25, -0.2) is 0 Å². The fourth-order valence-corrected chi connectivity index (χ4v) is 1.54. The van der Waals surface area contributed by atoms with Crippen LogP contribution in [0.1, 0.15) is 5.56 Å². The molecule has 0 spiro atoms. The Labute approximate surface area is 265 Å². The van der Waals surface area contributed by atoms with Crippen LogP contribution in [0.2, 0.25) is 0 Å². The van der Waals surface area contributed by atoms with E-state index in [1.807, 2.05) is 54.6 Å². The molecule has 0 unspecified atom stereocenters. The minimum Gasteiger partial charge on any atom is -0.759 e. The maximum atomic E-state index is 8.52. The van der Waals surface area contributed by atoms with Crippen molar-refractivity contribution in [2.24, 2.45) is 0 Å². The second kappa shape index (κ2) is 22.5. The molecule has 2 rings (SSSR count). The minimum absolute atomic E-state index is 0. The Morgan fingerprint density at radius 3 is 1.50 bits per heavy atom. The molecule has 0 atom stereocenters. The summed E-state index contributed by atoms with van der Waals surface area (Å²) < 4.78 is 74.0. The van der Waals surface area contributed by atoms with Gasteiger partial charge in [-0.3, -0.25) is 16.8 Å². The summed E-state index contributed by atoms with van der Waals surface area (Å²) in [5.74, 6) is 1.76. The van der Waals surface area contributed by atoms with E-state index >= 15 is 0 Å². The van der Waals surface area contributed by atoms with Gasteiger partial charge in [0.05, 0.1) is 0 Å². The summed E-state index contributed by atoms with van der Waals surface area (Å²) in [7, 11) is -10.3. The predicted octanol–water partition coefficient (Wildman–Crippen LogP) is -10.5. The van der Waals surface area contributed by atoms with E-state index in [0.717, 1.165) is 23.5 Å². The van der Waals surface area contributed by atoms with Crippen molar-refractivity contribution in [3.63, 3.8) is 0 Å². The van der Waals surface area contributed by atoms with Gasteiger partial charge in [0.2, 0.25) is 0 Å². The van der Waals surface area contributed by atoms with E-state index in [0.29, 0.717) is 0 Å². The summed E-state index contributed by atoms with van der Waals surface area (Å²) >= 11 is 0. The Hall–Kier alpha value is 1.72. The normalized spacial score (nSPS) is 9.07. The van der Waals surface area contributed by atoms with E-state index in [2.05, 4.69) is 12.6 Å². The zero-order valence-electron chi connectivity index (χ0n) is 17.2. The van der Waals surface area contributed by atoms with Crippen LogP contribution < -0.4 is 123 Å². The summed E-state index contributed by atoms with van der Waals surface area (Å²) in [4.78, 5) is 0. The molecule has 0 aliphatic carbocycles. The molecule has 0 N–H and O–H groups in total. The molecule has 144 valence electrons. The molecular formula is C15H14Na4O9S2. The van der Waals surface area contributed by atoms with E-state index in [9.17, 15) is 0 Å². The van der Waals surface area contributed by atoms with Crippen molar-refractivity contribution >= 4 is 20.8 Å². The first-order valence-corrected chi connectivity index (χ1v) is 9.32. The summed E-state index contributed by atoms with van der Waals surface area (Å²) in [6.45, 7) is 3.75. The van der Waals surface area contributed by atoms with Crippen LogP contribution in [0, 0.1) is 0 Å². The van der Waals surface area contributed by atoms with Crippen molar-refractivity contribution in [1.82, 2.24) is 0 Å². The number of allylic oxidation sites excluding steroid dienone is 1. The summed E-state index contributed by atoms with van der Waals surface area (Å²) in [6, 6.07) is 17.8. The third kappa shape index (κ3) is 31.9. The van der Waals surface area contributed by atoms with Crippen LogP contribution in [0.15, 0.2) is 67.3 Å². The quantitative estimate of drug-likeness (QED) is 0.173. The monoisotopic (exact) mass is 494 g/mol. The zero-order valence-corrected chi connectivity index (χ0v) is 26.8. The van der Waals surface area contributed by atoms with Gasteiger partial charge < -0.3 is 22.9 Å². The zero-order chi connectivity index (χ0) is 20.2. The first-order valence-electron chi connectivity index (χ1n) is 6.65. The number of para-hydroxylation sites is 2. The van der Waals surface area contributed by atoms with Crippen molar-refractivity contribution in [2.75, 3.05) is 0 Å². The third-order valence-electron chi connectivity index (χ3n) is 2.31. The average Bonchev–Trinajstić information content (AvgIpc) is 2.47. The van der Waals surface area contributed by atoms with E-state index < -0.39 is 20.8 Å².